The molecule has 3 aromatic rings. The van der Waals surface area contributed by atoms with Crippen LogP contribution in [0.1, 0.15) is 28.4 Å². The van der Waals surface area contributed by atoms with Gasteiger partial charge in [0.05, 0.1) is 5.52 Å². The number of nitrogens with one attached hydrogen (secondary N) is 2. The third-order valence-electron chi connectivity index (χ3n) is 4.56. The van der Waals surface area contributed by atoms with Crippen molar-refractivity contribution in [1.82, 2.24) is 15.8 Å². The van der Waals surface area contributed by atoms with Crippen molar-refractivity contribution in [2.75, 3.05) is 0 Å². The second kappa shape index (κ2) is 6.55. The third kappa shape index (κ3) is 3.26. The number of hydrazine groups is 1. The topological polar surface area (TPSA) is 71.1 Å². The number of hydrogen-bond acceptors (Lipinski definition) is 3. The fourth-order valence-corrected chi connectivity index (χ4v) is 3.03. The van der Waals surface area contributed by atoms with Crippen molar-refractivity contribution in [1.29, 1.82) is 0 Å². The summed E-state index contributed by atoms with van der Waals surface area (Å²) in [4.78, 5) is 28.7. The van der Waals surface area contributed by atoms with Gasteiger partial charge in [0.25, 0.3) is 5.91 Å². The third-order valence-corrected chi connectivity index (χ3v) is 4.56. The zero-order chi connectivity index (χ0) is 18.1. The van der Waals surface area contributed by atoms with Crippen LogP contribution in [0.25, 0.3) is 10.9 Å². The van der Waals surface area contributed by atoms with Gasteiger partial charge < -0.3 is 0 Å². The number of carbonyl (C=O) groups excluding carboxylic acids is 2. The van der Waals surface area contributed by atoms with Gasteiger partial charge >= 0.3 is 0 Å². The summed E-state index contributed by atoms with van der Waals surface area (Å²) in [7, 11) is 0. The van der Waals surface area contributed by atoms with Crippen LogP contribution >= 0.6 is 0 Å². The van der Waals surface area contributed by atoms with E-state index >= 15 is 0 Å². The molecule has 0 spiro atoms. The molecular weight excluding hydrogens is 333 g/mol. The highest BCUT2D eigenvalue weighted by molar-refractivity contribution is 5.96. The maximum absolute atomic E-state index is 13.0. The lowest BCUT2D eigenvalue weighted by atomic mass is 10.1. The Bertz CT molecular complexity index is 988. The van der Waals surface area contributed by atoms with Crippen LogP contribution in [-0.2, 0) is 4.79 Å². The molecule has 2 unspecified atom stereocenters. The molecule has 130 valence electrons. The smallest absolute Gasteiger partial charge is 0.273 e. The fourth-order valence-electron chi connectivity index (χ4n) is 3.03. The molecule has 1 fully saturated rings. The minimum Gasteiger partial charge on any atom is -0.273 e. The van der Waals surface area contributed by atoms with Gasteiger partial charge in [0, 0.05) is 11.3 Å². The number of carbonyl (C=O) groups is 2. The predicted octanol–water partition coefficient (Wildman–Crippen LogP) is 2.94. The van der Waals surface area contributed by atoms with Gasteiger partial charge in [0.2, 0.25) is 5.91 Å². The van der Waals surface area contributed by atoms with Crippen LogP contribution in [0.5, 0.6) is 0 Å². The lowest BCUT2D eigenvalue weighted by Gasteiger charge is -2.07. The molecule has 1 aromatic heterocycles. The largest absolute Gasteiger partial charge is 0.288 e. The summed E-state index contributed by atoms with van der Waals surface area (Å²) in [5.41, 5.74) is 6.72. The highest BCUT2D eigenvalue weighted by Gasteiger charge is 2.44. The number of aromatic nitrogens is 1. The standard InChI is InChI=1S/C20H16FN3O2/c21-14-8-5-12(6-9-14)15-11-16(15)19(25)23-24-20(26)18-10-7-13-3-1-2-4-17(13)22-18/h1-10,15-16H,11H2,(H,23,25)(H,24,26). The van der Waals surface area contributed by atoms with E-state index in [1.165, 1.54) is 12.1 Å². The number of amides is 2. The molecule has 0 radical (unpaired) electrons. The number of nitrogens with zero attached hydrogens (tertiary/aromatic N) is 1. The van der Waals surface area contributed by atoms with E-state index in [9.17, 15) is 14.0 Å². The van der Waals surface area contributed by atoms with Crippen LogP contribution in [-0.4, -0.2) is 16.8 Å². The molecule has 0 aliphatic heterocycles. The van der Waals surface area contributed by atoms with Crippen LogP contribution in [0, 0.1) is 11.7 Å². The number of rotatable bonds is 3. The van der Waals surface area contributed by atoms with Gasteiger partial charge in [-0.1, -0.05) is 36.4 Å². The highest BCUT2D eigenvalue weighted by Crippen LogP contribution is 2.47. The van der Waals surface area contributed by atoms with Crippen molar-refractivity contribution < 1.29 is 14.0 Å². The summed E-state index contributed by atoms with van der Waals surface area (Å²) in [5.74, 6) is -1.18. The Morgan fingerprint density at radius 3 is 2.54 bits per heavy atom. The van der Waals surface area contributed by atoms with E-state index in [1.54, 1.807) is 18.2 Å². The SMILES string of the molecule is O=C(NNC(=O)C1CC1c1ccc(F)cc1)c1ccc2ccccc2n1. The first-order valence-corrected chi connectivity index (χ1v) is 8.33. The molecule has 1 aliphatic carbocycles. The van der Waals surface area contributed by atoms with Crippen molar-refractivity contribution in [3.05, 3.63) is 77.7 Å². The van der Waals surface area contributed by atoms with Crippen LogP contribution in [0.15, 0.2) is 60.7 Å². The van der Waals surface area contributed by atoms with Crippen molar-refractivity contribution in [2.45, 2.75) is 12.3 Å². The molecule has 2 N–H and O–H groups in total. The van der Waals surface area contributed by atoms with Gasteiger partial charge in [-0.15, -0.1) is 0 Å². The molecule has 0 saturated heterocycles. The van der Waals surface area contributed by atoms with Crippen LogP contribution in [0.4, 0.5) is 4.39 Å². The molecule has 1 saturated carbocycles. The fraction of sp³-hybridized carbons (Fsp3) is 0.150. The van der Waals surface area contributed by atoms with E-state index in [4.69, 9.17) is 0 Å². The Balaban J connectivity index is 1.35. The van der Waals surface area contributed by atoms with Crippen molar-refractivity contribution in [3.8, 4) is 0 Å². The predicted molar refractivity (Wildman–Crippen MR) is 94.6 cm³/mol. The maximum Gasteiger partial charge on any atom is 0.288 e. The first-order valence-electron chi connectivity index (χ1n) is 8.33. The lowest BCUT2D eigenvalue weighted by molar-refractivity contribution is -0.123. The normalized spacial score (nSPS) is 18.3. The first-order chi connectivity index (χ1) is 12.6. The summed E-state index contributed by atoms with van der Waals surface area (Å²) < 4.78 is 13.0. The van der Waals surface area contributed by atoms with Gasteiger partial charge in [0.1, 0.15) is 11.5 Å². The molecule has 0 bridgehead atoms. The summed E-state index contributed by atoms with van der Waals surface area (Å²) in [6, 6.07) is 17.0. The second-order valence-corrected chi connectivity index (χ2v) is 6.33. The van der Waals surface area contributed by atoms with E-state index in [0.717, 1.165) is 10.9 Å². The van der Waals surface area contributed by atoms with Crippen LogP contribution < -0.4 is 10.9 Å². The van der Waals surface area contributed by atoms with E-state index in [0.29, 0.717) is 11.9 Å². The lowest BCUT2D eigenvalue weighted by Crippen LogP contribution is -2.42. The first kappa shape index (κ1) is 16.2. The number of benzene rings is 2. The summed E-state index contributed by atoms with van der Waals surface area (Å²) in [5, 5.41) is 0.938. The monoisotopic (exact) mass is 349 g/mol. The number of fused-ring (bicyclic) bond motifs is 1. The van der Waals surface area contributed by atoms with Crippen molar-refractivity contribution in [3.63, 3.8) is 0 Å². The Kier molecular flexibility index (Phi) is 4.08. The molecule has 1 heterocycles. The zero-order valence-corrected chi connectivity index (χ0v) is 13.8. The van der Waals surface area contributed by atoms with Gasteiger partial charge in [-0.05, 0) is 42.2 Å². The van der Waals surface area contributed by atoms with Crippen LogP contribution in [0.3, 0.4) is 0 Å². The highest BCUT2D eigenvalue weighted by atomic mass is 19.1. The number of para-hydroxylation sites is 1. The molecule has 2 aromatic carbocycles. The maximum atomic E-state index is 13.0. The van der Waals surface area contributed by atoms with Crippen molar-refractivity contribution >= 4 is 22.7 Å². The Morgan fingerprint density at radius 2 is 1.73 bits per heavy atom. The Hall–Kier alpha value is -3.28. The van der Waals surface area contributed by atoms with E-state index in [2.05, 4.69) is 15.8 Å². The molecule has 5 nitrogen and oxygen atoms in total. The molecule has 26 heavy (non-hydrogen) atoms. The molecule has 2 amide bonds. The molecule has 4 rings (SSSR count). The van der Waals surface area contributed by atoms with Crippen molar-refractivity contribution in [2.24, 2.45) is 5.92 Å². The van der Waals surface area contributed by atoms with Crippen LogP contribution in [0.2, 0.25) is 0 Å². The second-order valence-electron chi connectivity index (χ2n) is 6.33. The number of hydrogen-bond donors (Lipinski definition) is 2. The minimum atomic E-state index is -0.469. The molecular formula is C20H16FN3O2. The van der Waals surface area contributed by atoms with E-state index < -0.39 is 5.91 Å². The quantitative estimate of drug-likeness (QED) is 0.714. The van der Waals surface area contributed by atoms with E-state index in [-0.39, 0.29) is 29.3 Å². The van der Waals surface area contributed by atoms with Gasteiger partial charge in [-0.25, -0.2) is 9.37 Å². The number of pyridine rings is 1. The van der Waals surface area contributed by atoms with E-state index in [1.807, 2.05) is 30.3 Å². The average Bonchev–Trinajstić information content (AvgIpc) is 3.47. The zero-order valence-electron chi connectivity index (χ0n) is 13.8. The number of halogens is 1. The Labute approximate surface area is 149 Å². The summed E-state index contributed by atoms with van der Waals surface area (Å²) in [6.07, 6.45) is 0.682. The summed E-state index contributed by atoms with van der Waals surface area (Å²) >= 11 is 0. The molecule has 1 aliphatic rings. The molecule has 6 heteroatoms. The average molecular weight is 349 g/mol. The summed E-state index contributed by atoms with van der Waals surface area (Å²) in [6.45, 7) is 0. The Morgan fingerprint density at radius 1 is 0.962 bits per heavy atom. The van der Waals surface area contributed by atoms with Gasteiger partial charge in [-0.3, -0.25) is 20.4 Å². The van der Waals surface area contributed by atoms with Gasteiger partial charge in [0.15, 0.2) is 0 Å². The molecule has 2 atom stereocenters. The van der Waals surface area contributed by atoms with Gasteiger partial charge in [-0.2, -0.15) is 0 Å². The minimum absolute atomic E-state index is 0.0614.